The number of pyridine rings is 1. The molecule has 168 valence electrons. The van der Waals surface area contributed by atoms with E-state index in [0.29, 0.717) is 30.2 Å². The first kappa shape index (κ1) is 21.9. The third-order valence-corrected chi connectivity index (χ3v) is 5.51. The van der Waals surface area contributed by atoms with Crippen molar-refractivity contribution in [2.75, 3.05) is 13.7 Å². The topological polar surface area (TPSA) is 111 Å². The Hall–Kier alpha value is -3.30. The zero-order valence-electron chi connectivity index (χ0n) is 18.1. The van der Waals surface area contributed by atoms with Crippen LogP contribution in [0.1, 0.15) is 48.2 Å². The van der Waals surface area contributed by atoms with Crippen LogP contribution in [-0.4, -0.2) is 56.7 Å². The zero-order chi connectivity index (χ0) is 22.5. The van der Waals surface area contributed by atoms with Gasteiger partial charge < -0.3 is 19.9 Å². The van der Waals surface area contributed by atoms with Gasteiger partial charge in [0.05, 0.1) is 31.2 Å². The molecule has 0 spiro atoms. The van der Waals surface area contributed by atoms with E-state index >= 15 is 0 Å². The van der Waals surface area contributed by atoms with Crippen molar-refractivity contribution in [3.63, 3.8) is 0 Å². The lowest BCUT2D eigenvalue weighted by Crippen LogP contribution is -2.44. The van der Waals surface area contributed by atoms with Gasteiger partial charge in [-0.2, -0.15) is 15.2 Å². The van der Waals surface area contributed by atoms with E-state index in [9.17, 15) is 9.90 Å². The lowest BCUT2D eigenvalue weighted by atomic mass is 9.96. The molecule has 3 heterocycles. The second kappa shape index (κ2) is 9.88. The molecule has 1 unspecified atom stereocenters. The molecule has 1 saturated heterocycles. The molecule has 3 atom stereocenters. The maximum Gasteiger partial charge on any atom is 0.215 e. The van der Waals surface area contributed by atoms with Crippen molar-refractivity contribution in [2.45, 2.75) is 44.4 Å². The third kappa shape index (κ3) is 5.12. The van der Waals surface area contributed by atoms with E-state index < -0.39 is 6.10 Å². The number of nitrogens with one attached hydrogen (secondary N) is 1. The van der Waals surface area contributed by atoms with E-state index in [1.54, 1.807) is 19.1 Å². The first-order valence-electron chi connectivity index (χ1n) is 10.7. The number of methoxy groups -OCH3 is 1. The number of hydrogen-bond acceptors (Lipinski definition) is 8. The van der Waals surface area contributed by atoms with Crippen LogP contribution in [0.2, 0.25) is 0 Å². The highest BCUT2D eigenvalue weighted by molar-refractivity contribution is 5.99. The molecule has 3 aromatic rings. The van der Waals surface area contributed by atoms with Crippen LogP contribution in [0.4, 0.5) is 0 Å². The number of Topliss-reactive ketones (excluding diaryl/α,β-unsaturated/α-hetero) is 1. The number of rotatable bonds is 8. The first-order valence-corrected chi connectivity index (χ1v) is 10.7. The van der Waals surface area contributed by atoms with Gasteiger partial charge in [-0.3, -0.25) is 4.79 Å². The van der Waals surface area contributed by atoms with Gasteiger partial charge in [-0.1, -0.05) is 12.1 Å². The van der Waals surface area contributed by atoms with Crippen molar-refractivity contribution in [1.29, 1.82) is 0 Å². The number of aromatic nitrogens is 4. The van der Waals surface area contributed by atoms with Crippen LogP contribution >= 0.6 is 0 Å². The Bertz CT molecular complexity index is 1050. The fourth-order valence-electron chi connectivity index (χ4n) is 3.78. The average molecular weight is 438 g/mol. The number of benzene rings is 1. The van der Waals surface area contributed by atoms with Crippen molar-refractivity contribution >= 4 is 5.78 Å². The van der Waals surface area contributed by atoms with Crippen LogP contribution in [-0.2, 0) is 0 Å². The molecule has 0 aliphatic carbocycles. The zero-order valence-corrected chi connectivity index (χ0v) is 18.1. The summed E-state index contributed by atoms with van der Waals surface area (Å²) in [5, 5.41) is 21.4. The Morgan fingerprint density at radius 1 is 1.25 bits per heavy atom. The quantitative estimate of drug-likeness (QED) is 0.517. The fourth-order valence-corrected chi connectivity index (χ4v) is 3.78. The molecule has 0 bridgehead atoms. The fraction of sp³-hybridized carbons (Fsp3) is 0.391. The van der Waals surface area contributed by atoms with Gasteiger partial charge in [-0.25, -0.2) is 0 Å². The molecule has 0 amide bonds. The first-order chi connectivity index (χ1) is 15.5. The van der Waals surface area contributed by atoms with Crippen molar-refractivity contribution in [3.05, 3.63) is 59.9 Å². The van der Waals surface area contributed by atoms with Crippen LogP contribution in [0.3, 0.4) is 0 Å². The Balaban J connectivity index is 1.37. The maximum absolute atomic E-state index is 13.1. The molecule has 9 nitrogen and oxygen atoms in total. The highest BCUT2D eigenvalue weighted by Gasteiger charge is 2.26. The van der Waals surface area contributed by atoms with Crippen LogP contribution in [0.25, 0.3) is 5.82 Å². The van der Waals surface area contributed by atoms with Crippen molar-refractivity contribution < 1.29 is 19.4 Å². The van der Waals surface area contributed by atoms with E-state index in [0.717, 1.165) is 24.2 Å². The van der Waals surface area contributed by atoms with Crippen LogP contribution < -0.4 is 14.8 Å². The van der Waals surface area contributed by atoms with Gasteiger partial charge in [0, 0.05) is 25.1 Å². The molecule has 2 aromatic heterocycles. The lowest BCUT2D eigenvalue weighted by Gasteiger charge is -2.30. The number of carbonyl (C=O) groups excluding carboxylic acids is 1. The van der Waals surface area contributed by atoms with Gasteiger partial charge in [-0.15, -0.1) is 4.80 Å². The van der Waals surface area contributed by atoms with Crippen molar-refractivity contribution in [1.82, 2.24) is 25.3 Å². The van der Waals surface area contributed by atoms with Gasteiger partial charge in [0.2, 0.25) is 5.88 Å². The molecule has 1 fully saturated rings. The van der Waals surface area contributed by atoms with E-state index in [2.05, 4.69) is 20.5 Å². The van der Waals surface area contributed by atoms with Gasteiger partial charge in [0.1, 0.15) is 11.9 Å². The molecule has 1 aromatic carbocycles. The SMILES string of the molecule is COc1ccc(C(=O)C[C@H]2CC[C@@H](Oc3cccc(C(C)O)c3)CN2)c(-n2nccn2)n1. The average Bonchev–Trinajstić information content (AvgIpc) is 3.35. The minimum absolute atomic E-state index is 0.0112. The van der Waals surface area contributed by atoms with Crippen molar-refractivity contribution in [2.24, 2.45) is 0 Å². The standard InChI is InChI=1S/C23H27N5O4/c1-15(29)16-4-3-5-18(12-16)32-19-7-6-17(24-14-19)13-21(30)20-8-9-22(31-2)27-23(20)28-25-10-11-26-28/h3-5,8-12,15,17,19,24,29H,6-7,13-14H2,1-2H3/t15?,17-,19-/m1/s1. The second-order valence-electron chi connectivity index (χ2n) is 7.84. The Kier molecular flexibility index (Phi) is 6.77. The molecule has 2 N–H and O–H groups in total. The monoisotopic (exact) mass is 437 g/mol. The maximum atomic E-state index is 13.1. The largest absolute Gasteiger partial charge is 0.489 e. The van der Waals surface area contributed by atoms with Crippen LogP contribution in [0.15, 0.2) is 48.8 Å². The van der Waals surface area contributed by atoms with Gasteiger partial charge in [-0.05, 0) is 43.5 Å². The number of carbonyl (C=O) groups is 1. The second-order valence-corrected chi connectivity index (χ2v) is 7.84. The van der Waals surface area contributed by atoms with Crippen LogP contribution in [0.5, 0.6) is 11.6 Å². The Labute approximate surface area is 186 Å². The lowest BCUT2D eigenvalue weighted by molar-refractivity contribution is 0.0937. The Morgan fingerprint density at radius 3 is 2.75 bits per heavy atom. The van der Waals surface area contributed by atoms with Gasteiger partial charge in [0.25, 0.3) is 0 Å². The molecule has 0 radical (unpaired) electrons. The number of ketones is 1. The molecule has 9 heteroatoms. The van der Waals surface area contributed by atoms with Crippen LogP contribution in [0, 0.1) is 0 Å². The van der Waals surface area contributed by atoms with Gasteiger partial charge >= 0.3 is 0 Å². The summed E-state index contributed by atoms with van der Waals surface area (Å²) in [6.45, 7) is 2.38. The summed E-state index contributed by atoms with van der Waals surface area (Å²) in [4.78, 5) is 18.7. The summed E-state index contributed by atoms with van der Waals surface area (Å²) in [6.07, 6.45) is 4.53. The minimum atomic E-state index is -0.535. The number of aliphatic hydroxyl groups excluding tert-OH is 1. The normalized spacial score (nSPS) is 19.3. The summed E-state index contributed by atoms with van der Waals surface area (Å²) < 4.78 is 11.3. The number of hydrogen-bond donors (Lipinski definition) is 2. The minimum Gasteiger partial charge on any atom is -0.489 e. The Morgan fingerprint density at radius 2 is 2.06 bits per heavy atom. The summed E-state index contributed by atoms with van der Waals surface area (Å²) >= 11 is 0. The number of aliphatic hydroxyl groups is 1. The molecular weight excluding hydrogens is 410 g/mol. The van der Waals surface area contributed by atoms with E-state index in [4.69, 9.17) is 9.47 Å². The highest BCUT2D eigenvalue weighted by Crippen LogP contribution is 2.24. The summed E-state index contributed by atoms with van der Waals surface area (Å²) in [6, 6.07) is 10.9. The van der Waals surface area contributed by atoms with E-state index in [-0.39, 0.29) is 17.9 Å². The molecule has 0 saturated carbocycles. The van der Waals surface area contributed by atoms with Gasteiger partial charge in [0.15, 0.2) is 11.6 Å². The number of piperidine rings is 1. The number of ether oxygens (including phenoxy) is 2. The summed E-state index contributed by atoms with van der Waals surface area (Å²) in [5.41, 5.74) is 1.28. The van der Waals surface area contributed by atoms with E-state index in [1.165, 1.54) is 24.3 Å². The number of nitrogens with zero attached hydrogens (tertiary/aromatic N) is 4. The summed E-state index contributed by atoms with van der Waals surface area (Å²) in [5.74, 6) is 1.46. The highest BCUT2D eigenvalue weighted by atomic mass is 16.5. The predicted octanol–water partition coefficient (Wildman–Crippen LogP) is 2.50. The molecular formula is C23H27N5O4. The summed E-state index contributed by atoms with van der Waals surface area (Å²) in [7, 11) is 1.52. The third-order valence-electron chi connectivity index (χ3n) is 5.51. The van der Waals surface area contributed by atoms with E-state index in [1.807, 2.05) is 24.3 Å². The molecule has 4 rings (SSSR count). The smallest absolute Gasteiger partial charge is 0.215 e. The molecule has 1 aliphatic rings. The predicted molar refractivity (Wildman–Crippen MR) is 117 cm³/mol. The molecule has 32 heavy (non-hydrogen) atoms. The van der Waals surface area contributed by atoms with Crippen molar-refractivity contribution in [3.8, 4) is 17.4 Å². The molecule has 1 aliphatic heterocycles.